The van der Waals surface area contributed by atoms with Gasteiger partial charge in [-0.05, 0) is 23.8 Å². The molecule has 0 atom stereocenters. The minimum absolute atomic E-state index is 0.00181. The fourth-order valence-electron chi connectivity index (χ4n) is 3.61. The van der Waals surface area contributed by atoms with Crippen molar-refractivity contribution in [2.45, 2.75) is 18.2 Å². The average Bonchev–Trinajstić information content (AvgIpc) is 2.77. The van der Waals surface area contributed by atoms with Crippen LogP contribution in [0.1, 0.15) is 44.3 Å². The van der Waals surface area contributed by atoms with Crippen LogP contribution in [0, 0.1) is 0 Å². The Balaban J connectivity index is 1.58. The van der Waals surface area contributed by atoms with Gasteiger partial charge in [0.05, 0.1) is 28.3 Å². The summed E-state index contributed by atoms with van der Waals surface area (Å²) in [6.07, 6.45) is -0.00511. The molecular formula is C24H19NO5S. The van der Waals surface area contributed by atoms with E-state index in [4.69, 9.17) is 0 Å². The summed E-state index contributed by atoms with van der Waals surface area (Å²) in [5.74, 6) is -0.940. The smallest absolute Gasteiger partial charge is 0.228 e. The summed E-state index contributed by atoms with van der Waals surface area (Å²) < 4.78 is 23.8. The van der Waals surface area contributed by atoms with Crippen LogP contribution >= 0.6 is 0 Å². The molecule has 0 fully saturated rings. The highest BCUT2D eigenvalue weighted by atomic mass is 32.2. The van der Waals surface area contributed by atoms with Crippen molar-refractivity contribution < 1.29 is 22.8 Å². The monoisotopic (exact) mass is 433 g/mol. The Labute approximate surface area is 179 Å². The Morgan fingerprint density at radius 3 is 2.06 bits per heavy atom. The van der Waals surface area contributed by atoms with Gasteiger partial charge in [0.25, 0.3) is 0 Å². The Kier molecular flexibility index (Phi) is 5.29. The van der Waals surface area contributed by atoms with E-state index in [1.165, 1.54) is 12.1 Å². The van der Waals surface area contributed by atoms with Crippen molar-refractivity contribution in [3.05, 3.63) is 94.5 Å². The van der Waals surface area contributed by atoms with Crippen molar-refractivity contribution in [2.24, 2.45) is 0 Å². The molecule has 1 aliphatic rings. The van der Waals surface area contributed by atoms with Gasteiger partial charge in [-0.15, -0.1) is 0 Å². The molecule has 0 heterocycles. The summed E-state index contributed by atoms with van der Waals surface area (Å²) in [6.45, 7) is 1.57. The Bertz CT molecular complexity index is 1320. The number of sulfone groups is 1. The van der Waals surface area contributed by atoms with Crippen LogP contribution in [0.3, 0.4) is 0 Å². The number of carbonyl (C=O) groups excluding carboxylic acids is 3. The van der Waals surface area contributed by atoms with Gasteiger partial charge in [0, 0.05) is 16.7 Å². The number of anilines is 1. The number of hydrogen-bond acceptors (Lipinski definition) is 5. The Morgan fingerprint density at radius 2 is 1.42 bits per heavy atom. The summed E-state index contributed by atoms with van der Waals surface area (Å²) >= 11 is 0. The minimum Gasteiger partial charge on any atom is -0.325 e. The summed E-state index contributed by atoms with van der Waals surface area (Å²) in [7, 11) is -3.31. The molecule has 7 heteroatoms. The topological polar surface area (TPSA) is 97.4 Å². The first-order chi connectivity index (χ1) is 14.8. The van der Waals surface area contributed by atoms with Gasteiger partial charge < -0.3 is 5.32 Å². The largest absolute Gasteiger partial charge is 0.325 e. The molecule has 4 rings (SSSR count). The molecule has 1 aliphatic carbocycles. The maximum Gasteiger partial charge on any atom is 0.228 e. The first-order valence-electron chi connectivity index (χ1n) is 9.75. The molecule has 0 bridgehead atoms. The molecule has 0 spiro atoms. The van der Waals surface area contributed by atoms with Crippen LogP contribution in [0.4, 0.5) is 5.69 Å². The number of carbonyl (C=O) groups is 3. The molecule has 0 saturated heterocycles. The summed E-state index contributed by atoms with van der Waals surface area (Å²) in [5.41, 5.74) is 2.02. The fourth-order valence-corrected chi connectivity index (χ4v) is 4.49. The molecule has 3 aromatic rings. The third-order valence-corrected chi connectivity index (χ3v) is 7.00. The minimum atomic E-state index is -3.31. The van der Waals surface area contributed by atoms with Crippen LogP contribution in [0.5, 0.6) is 0 Å². The van der Waals surface area contributed by atoms with E-state index in [9.17, 15) is 22.8 Å². The highest BCUT2D eigenvalue weighted by Crippen LogP contribution is 2.32. The number of amides is 1. The third kappa shape index (κ3) is 3.80. The van der Waals surface area contributed by atoms with Crippen molar-refractivity contribution in [1.82, 2.24) is 0 Å². The van der Waals surface area contributed by atoms with Crippen LogP contribution in [-0.4, -0.2) is 31.6 Å². The van der Waals surface area contributed by atoms with E-state index in [1.54, 1.807) is 61.5 Å². The second-order valence-corrected chi connectivity index (χ2v) is 9.48. The SMILES string of the molecule is CCS(=O)(=O)c1ccc(CC(=O)Nc2cccc3c2C(=O)c2ccccc2C3=O)cc1. The fraction of sp³-hybridized carbons (Fsp3) is 0.125. The zero-order valence-electron chi connectivity index (χ0n) is 16.7. The van der Waals surface area contributed by atoms with Crippen LogP contribution in [0.25, 0.3) is 0 Å². The van der Waals surface area contributed by atoms with Crippen molar-refractivity contribution in [3.8, 4) is 0 Å². The molecule has 0 aromatic heterocycles. The lowest BCUT2D eigenvalue weighted by Gasteiger charge is -2.20. The number of hydrogen-bond donors (Lipinski definition) is 1. The standard InChI is InChI=1S/C24H19NO5S/c1-2-31(29,30)16-12-10-15(11-13-16)14-21(26)25-20-9-5-8-19-22(20)24(28)18-7-4-3-6-17(18)23(19)27/h3-13H,2,14H2,1H3,(H,25,26). The molecular weight excluding hydrogens is 414 g/mol. The van der Waals surface area contributed by atoms with Crippen LogP contribution in [0.2, 0.25) is 0 Å². The van der Waals surface area contributed by atoms with Crippen molar-refractivity contribution in [1.29, 1.82) is 0 Å². The van der Waals surface area contributed by atoms with E-state index in [0.29, 0.717) is 16.7 Å². The average molecular weight is 433 g/mol. The first-order valence-corrected chi connectivity index (χ1v) is 11.4. The molecule has 0 radical (unpaired) electrons. The van der Waals surface area contributed by atoms with Crippen molar-refractivity contribution in [3.63, 3.8) is 0 Å². The lowest BCUT2D eigenvalue weighted by Crippen LogP contribution is -2.24. The highest BCUT2D eigenvalue weighted by Gasteiger charge is 2.31. The van der Waals surface area contributed by atoms with Crippen molar-refractivity contribution >= 4 is 33.0 Å². The van der Waals surface area contributed by atoms with E-state index in [-0.39, 0.29) is 51.4 Å². The Morgan fingerprint density at radius 1 is 0.806 bits per heavy atom. The van der Waals surface area contributed by atoms with E-state index < -0.39 is 9.84 Å². The molecule has 1 N–H and O–H groups in total. The summed E-state index contributed by atoms with van der Waals surface area (Å²) in [4.78, 5) is 38.6. The molecule has 0 saturated carbocycles. The summed E-state index contributed by atoms with van der Waals surface area (Å²) in [5, 5.41) is 2.73. The van der Waals surface area contributed by atoms with E-state index in [2.05, 4.69) is 5.32 Å². The maximum absolute atomic E-state index is 13.0. The van der Waals surface area contributed by atoms with E-state index >= 15 is 0 Å². The third-order valence-electron chi connectivity index (χ3n) is 5.25. The zero-order chi connectivity index (χ0) is 22.2. The number of rotatable bonds is 5. The lowest BCUT2D eigenvalue weighted by molar-refractivity contribution is -0.115. The predicted molar refractivity (Wildman–Crippen MR) is 116 cm³/mol. The van der Waals surface area contributed by atoms with E-state index in [1.807, 2.05) is 0 Å². The van der Waals surface area contributed by atoms with Gasteiger partial charge in [0.2, 0.25) is 5.91 Å². The maximum atomic E-state index is 13.0. The number of fused-ring (bicyclic) bond motifs is 2. The lowest BCUT2D eigenvalue weighted by atomic mass is 9.83. The highest BCUT2D eigenvalue weighted by molar-refractivity contribution is 7.91. The van der Waals surface area contributed by atoms with Crippen LogP contribution in [0.15, 0.2) is 71.6 Å². The van der Waals surface area contributed by atoms with Gasteiger partial charge >= 0.3 is 0 Å². The molecule has 156 valence electrons. The van der Waals surface area contributed by atoms with Gasteiger partial charge in [-0.1, -0.05) is 55.5 Å². The molecule has 0 aliphatic heterocycles. The molecule has 1 amide bonds. The van der Waals surface area contributed by atoms with Gasteiger partial charge in [0.1, 0.15) is 0 Å². The first kappa shape index (κ1) is 20.7. The second-order valence-electron chi connectivity index (χ2n) is 7.20. The van der Waals surface area contributed by atoms with E-state index in [0.717, 1.165) is 0 Å². The summed E-state index contributed by atoms with van der Waals surface area (Å²) in [6, 6.07) is 17.5. The quantitative estimate of drug-likeness (QED) is 0.520. The Hall–Kier alpha value is -3.58. The normalized spacial score (nSPS) is 12.8. The predicted octanol–water partition coefficient (Wildman–Crippen LogP) is 3.44. The molecule has 6 nitrogen and oxygen atoms in total. The van der Waals surface area contributed by atoms with Gasteiger partial charge in [-0.3, -0.25) is 14.4 Å². The van der Waals surface area contributed by atoms with Crippen molar-refractivity contribution in [2.75, 3.05) is 11.1 Å². The molecule has 31 heavy (non-hydrogen) atoms. The van der Waals surface area contributed by atoms with Gasteiger partial charge in [-0.2, -0.15) is 0 Å². The number of benzene rings is 3. The van der Waals surface area contributed by atoms with Gasteiger partial charge in [-0.25, -0.2) is 8.42 Å². The van der Waals surface area contributed by atoms with Gasteiger partial charge in [0.15, 0.2) is 21.4 Å². The molecule has 0 unspecified atom stereocenters. The zero-order valence-corrected chi connectivity index (χ0v) is 17.5. The molecule has 3 aromatic carbocycles. The van der Waals surface area contributed by atoms with Crippen LogP contribution in [-0.2, 0) is 21.1 Å². The van der Waals surface area contributed by atoms with Crippen LogP contribution < -0.4 is 5.32 Å². The second kappa shape index (κ2) is 7.92. The number of ketones is 2. The number of nitrogens with one attached hydrogen (secondary N) is 1.